The standard InChI is InChI=1S/C9H12N4S/c1-6-3-9(10)13(12-6)5-8-4-11-7(2)14-8/h3-4H,5,10H2,1-2H3. The Kier molecular flexibility index (Phi) is 2.25. The first-order chi connectivity index (χ1) is 6.65. The van der Waals surface area contributed by atoms with E-state index in [-0.39, 0.29) is 0 Å². The Balaban J connectivity index is 2.22. The molecule has 4 nitrogen and oxygen atoms in total. The molecule has 5 heteroatoms. The third-order valence-corrected chi connectivity index (χ3v) is 2.81. The molecule has 0 atom stereocenters. The number of aryl methyl sites for hydroxylation is 2. The van der Waals surface area contributed by atoms with Crippen molar-refractivity contribution in [1.29, 1.82) is 0 Å². The minimum atomic E-state index is 0.702. The first-order valence-electron chi connectivity index (χ1n) is 4.36. The summed E-state index contributed by atoms with van der Waals surface area (Å²) in [4.78, 5) is 5.36. The highest BCUT2D eigenvalue weighted by Gasteiger charge is 2.04. The van der Waals surface area contributed by atoms with Crippen molar-refractivity contribution in [3.05, 3.63) is 27.8 Å². The van der Waals surface area contributed by atoms with Gasteiger partial charge in [-0.15, -0.1) is 11.3 Å². The van der Waals surface area contributed by atoms with Crippen LogP contribution in [0.5, 0.6) is 0 Å². The number of thiazole rings is 1. The number of nitrogen functional groups attached to an aromatic ring is 1. The van der Waals surface area contributed by atoms with Gasteiger partial charge in [0.2, 0.25) is 0 Å². The third-order valence-electron chi connectivity index (χ3n) is 1.91. The number of anilines is 1. The number of aromatic nitrogens is 3. The first kappa shape index (κ1) is 9.21. The predicted octanol–water partition coefficient (Wildman–Crippen LogP) is 1.59. The van der Waals surface area contributed by atoms with Crippen molar-refractivity contribution in [1.82, 2.24) is 14.8 Å². The minimum Gasteiger partial charge on any atom is -0.384 e. The monoisotopic (exact) mass is 208 g/mol. The van der Waals surface area contributed by atoms with E-state index in [1.807, 2.05) is 26.1 Å². The Morgan fingerprint density at radius 2 is 2.29 bits per heavy atom. The fourth-order valence-corrected chi connectivity index (χ4v) is 2.10. The molecule has 2 aromatic rings. The summed E-state index contributed by atoms with van der Waals surface area (Å²) < 4.78 is 1.79. The average molecular weight is 208 g/mol. The second-order valence-corrected chi connectivity index (χ2v) is 4.53. The van der Waals surface area contributed by atoms with Gasteiger partial charge in [0, 0.05) is 17.1 Å². The highest BCUT2D eigenvalue weighted by molar-refractivity contribution is 7.11. The highest BCUT2D eigenvalue weighted by Crippen LogP contribution is 2.15. The Labute approximate surface area is 86.4 Å². The van der Waals surface area contributed by atoms with Gasteiger partial charge >= 0.3 is 0 Å². The largest absolute Gasteiger partial charge is 0.384 e. The molecule has 0 saturated carbocycles. The number of hydrogen-bond acceptors (Lipinski definition) is 4. The van der Waals surface area contributed by atoms with Crippen molar-refractivity contribution in [2.45, 2.75) is 20.4 Å². The minimum absolute atomic E-state index is 0.702. The fraction of sp³-hybridized carbons (Fsp3) is 0.333. The molecular formula is C9H12N4S. The number of nitrogens with zero attached hydrogens (tertiary/aromatic N) is 3. The zero-order valence-corrected chi connectivity index (χ0v) is 9.01. The zero-order valence-electron chi connectivity index (χ0n) is 8.19. The van der Waals surface area contributed by atoms with Crippen LogP contribution in [0, 0.1) is 13.8 Å². The van der Waals surface area contributed by atoms with Gasteiger partial charge in [-0.3, -0.25) is 0 Å². The maximum atomic E-state index is 5.78. The maximum Gasteiger partial charge on any atom is 0.122 e. The molecule has 14 heavy (non-hydrogen) atoms. The topological polar surface area (TPSA) is 56.7 Å². The Hall–Kier alpha value is -1.36. The molecule has 0 unspecified atom stereocenters. The molecule has 2 heterocycles. The molecule has 2 aromatic heterocycles. The Morgan fingerprint density at radius 3 is 2.79 bits per heavy atom. The van der Waals surface area contributed by atoms with E-state index in [1.54, 1.807) is 16.0 Å². The van der Waals surface area contributed by atoms with Crippen molar-refractivity contribution >= 4 is 17.2 Å². The molecule has 0 amide bonds. The van der Waals surface area contributed by atoms with Crippen LogP contribution in [-0.2, 0) is 6.54 Å². The van der Waals surface area contributed by atoms with Crippen LogP contribution in [0.3, 0.4) is 0 Å². The predicted molar refractivity (Wildman–Crippen MR) is 57.3 cm³/mol. The molecule has 0 saturated heterocycles. The molecule has 2 rings (SSSR count). The van der Waals surface area contributed by atoms with Gasteiger partial charge in [-0.1, -0.05) is 0 Å². The molecule has 0 aliphatic carbocycles. The van der Waals surface area contributed by atoms with E-state index in [2.05, 4.69) is 10.1 Å². The van der Waals surface area contributed by atoms with Crippen molar-refractivity contribution in [3.8, 4) is 0 Å². The second kappa shape index (κ2) is 3.42. The SMILES string of the molecule is Cc1cc(N)n(Cc2cnc(C)s2)n1. The van der Waals surface area contributed by atoms with Gasteiger partial charge in [0.1, 0.15) is 5.82 Å². The second-order valence-electron chi connectivity index (χ2n) is 3.21. The maximum absolute atomic E-state index is 5.78. The summed E-state index contributed by atoms with van der Waals surface area (Å²) >= 11 is 1.67. The first-order valence-corrected chi connectivity index (χ1v) is 5.18. The normalized spacial score (nSPS) is 10.7. The third kappa shape index (κ3) is 1.77. The lowest BCUT2D eigenvalue weighted by Crippen LogP contribution is -2.04. The summed E-state index contributed by atoms with van der Waals surface area (Å²) in [5, 5.41) is 5.36. The molecule has 2 N–H and O–H groups in total. The molecule has 0 fully saturated rings. The highest BCUT2D eigenvalue weighted by atomic mass is 32.1. The molecule has 0 aliphatic heterocycles. The number of nitrogens with two attached hydrogens (primary N) is 1. The summed E-state index contributed by atoms with van der Waals surface area (Å²) in [6.45, 7) is 4.64. The van der Waals surface area contributed by atoms with Gasteiger partial charge in [0.25, 0.3) is 0 Å². The summed E-state index contributed by atoms with van der Waals surface area (Å²) in [6.07, 6.45) is 1.87. The van der Waals surface area contributed by atoms with Crippen molar-refractivity contribution < 1.29 is 0 Å². The molecule has 0 bridgehead atoms. The quantitative estimate of drug-likeness (QED) is 0.815. The van der Waals surface area contributed by atoms with Crippen LogP contribution in [-0.4, -0.2) is 14.8 Å². The Bertz CT molecular complexity index is 443. The molecule has 74 valence electrons. The van der Waals surface area contributed by atoms with Gasteiger partial charge in [0.15, 0.2) is 0 Å². The lowest BCUT2D eigenvalue weighted by atomic mass is 10.5. The van der Waals surface area contributed by atoms with Crippen LogP contribution >= 0.6 is 11.3 Å². The van der Waals surface area contributed by atoms with Crippen LogP contribution in [0.2, 0.25) is 0 Å². The number of hydrogen-bond donors (Lipinski definition) is 1. The van der Waals surface area contributed by atoms with E-state index >= 15 is 0 Å². The van der Waals surface area contributed by atoms with Gasteiger partial charge in [-0.2, -0.15) is 5.10 Å². The van der Waals surface area contributed by atoms with E-state index in [0.29, 0.717) is 12.4 Å². The van der Waals surface area contributed by atoms with Crippen LogP contribution in [0.25, 0.3) is 0 Å². The summed E-state index contributed by atoms with van der Waals surface area (Å²) in [5.41, 5.74) is 6.73. The smallest absolute Gasteiger partial charge is 0.122 e. The molecule has 0 spiro atoms. The lowest BCUT2D eigenvalue weighted by Gasteiger charge is -1.99. The zero-order chi connectivity index (χ0) is 10.1. The van der Waals surface area contributed by atoms with E-state index in [0.717, 1.165) is 10.7 Å². The van der Waals surface area contributed by atoms with E-state index in [4.69, 9.17) is 5.73 Å². The average Bonchev–Trinajstić information content (AvgIpc) is 2.61. The van der Waals surface area contributed by atoms with Gasteiger partial charge in [-0.05, 0) is 13.8 Å². The lowest BCUT2D eigenvalue weighted by molar-refractivity contribution is 0.696. The van der Waals surface area contributed by atoms with Crippen molar-refractivity contribution in [2.24, 2.45) is 0 Å². The van der Waals surface area contributed by atoms with Gasteiger partial charge in [0.05, 0.1) is 17.2 Å². The van der Waals surface area contributed by atoms with Gasteiger partial charge < -0.3 is 5.73 Å². The summed E-state index contributed by atoms with van der Waals surface area (Å²) in [5.74, 6) is 0.702. The molecule has 0 radical (unpaired) electrons. The fourth-order valence-electron chi connectivity index (χ4n) is 1.32. The van der Waals surface area contributed by atoms with Crippen molar-refractivity contribution in [3.63, 3.8) is 0 Å². The van der Waals surface area contributed by atoms with Crippen molar-refractivity contribution in [2.75, 3.05) is 5.73 Å². The van der Waals surface area contributed by atoms with Crippen LogP contribution < -0.4 is 5.73 Å². The van der Waals surface area contributed by atoms with Crippen LogP contribution in [0.4, 0.5) is 5.82 Å². The van der Waals surface area contributed by atoms with E-state index in [1.165, 1.54) is 4.88 Å². The van der Waals surface area contributed by atoms with E-state index in [9.17, 15) is 0 Å². The molecular weight excluding hydrogens is 196 g/mol. The summed E-state index contributed by atoms with van der Waals surface area (Å²) in [6, 6.07) is 1.87. The molecule has 0 aromatic carbocycles. The summed E-state index contributed by atoms with van der Waals surface area (Å²) in [7, 11) is 0. The number of rotatable bonds is 2. The van der Waals surface area contributed by atoms with Crippen LogP contribution in [0.15, 0.2) is 12.3 Å². The Morgan fingerprint density at radius 1 is 1.50 bits per heavy atom. The van der Waals surface area contributed by atoms with E-state index < -0.39 is 0 Å². The van der Waals surface area contributed by atoms with Crippen LogP contribution in [0.1, 0.15) is 15.6 Å². The van der Waals surface area contributed by atoms with Gasteiger partial charge in [-0.25, -0.2) is 9.67 Å². The molecule has 0 aliphatic rings.